The molecule has 0 aliphatic carbocycles. The maximum atomic E-state index is 13.6. The van der Waals surface area contributed by atoms with Gasteiger partial charge in [0.15, 0.2) is 11.6 Å². The fourth-order valence-corrected chi connectivity index (χ4v) is 4.29. The van der Waals surface area contributed by atoms with E-state index in [1.165, 1.54) is 12.4 Å². The fraction of sp³-hybridized carbons (Fsp3) is 0.0714. The lowest BCUT2D eigenvalue weighted by atomic mass is 10.0. The number of phenols is 1. The molecule has 0 radical (unpaired) electrons. The molecule has 8 nitrogen and oxygen atoms in total. The van der Waals surface area contributed by atoms with Gasteiger partial charge in [-0.1, -0.05) is 36.4 Å². The third kappa shape index (κ3) is 4.38. The predicted molar refractivity (Wildman–Crippen MR) is 142 cm³/mol. The topological polar surface area (TPSA) is 130 Å². The summed E-state index contributed by atoms with van der Waals surface area (Å²) in [6, 6.07) is 20.5. The van der Waals surface area contributed by atoms with Gasteiger partial charge in [0.25, 0.3) is 5.56 Å². The molecule has 37 heavy (non-hydrogen) atoms. The number of nitrogens with two attached hydrogens (primary N) is 1. The smallest absolute Gasteiger partial charge is 0.263 e. The van der Waals surface area contributed by atoms with Gasteiger partial charge in [-0.25, -0.2) is 14.4 Å². The number of aromatic hydroxyl groups is 1. The summed E-state index contributed by atoms with van der Waals surface area (Å²) in [7, 11) is 0. The third-order valence-electron chi connectivity index (χ3n) is 6.16. The van der Waals surface area contributed by atoms with Gasteiger partial charge in [-0.05, 0) is 54.3 Å². The van der Waals surface area contributed by atoms with E-state index >= 15 is 0 Å². The zero-order chi connectivity index (χ0) is 26.1. The summed E-state index contributed by atoms with van der Waals surface area (Å²) in [6.45, 7) is 2.12. The molecule has 0 saturated heterocycles. The van der Waals surface area contributed by atoms with E-state index < -0.39 is 11.6 Å². The van der Waals surface area contributed by atoms with Gasteiger partial charge in [0.1, 0.15) is 18.0 Å². The highest BCUT2D eigenvalue weighted by atomic mass is 19.1. The quantitative estimate of drug-likeness (QED) is 0.256. The van der Waals surface area contributed by atoms with Crippen LogP contribution < -0.4 is 16.6 Å². The van der Waals surface area contributed by atoms with Crippen LogP contribution in [0.25, 0.3) is 16.5 Å². The molecule has 2 aromatic heterocycles. The van der Waals surface area contributed by atoms with E-state index in [9.17, 15) is 14.3 Å². The zero-order valence-electron chi connectivity index (χ0n) is 19.9. The monoisotopic (exact) mass is 494 g/mol. The molecule has 0 atom stereocenters. The van der Waals surface area contributed by atoms with E-state index in [-0.39, 0.29) is 40.6 Å². The SMILES string of the molecule is Cc1ccccc1-n1c(CNc2ncnc(N)c2C(=N)c2ccc(F)c(O)c2)cc2ccccc2c1=O. The van der Waals surface area contributed by atoms with Crippen molar-refractivity contribution in [3.8, 4) is 11.4 Å². The highest BCUT2D eigenvalue weighted by Crippen LogP contribution is 2.26. The van der Waals surface area contributed by atoms with Crippen LogP contribution in [0, 0.1) is 18.2 Å². The predicted octanol–water partition coefficient (Wildman–Crippen LogP) is 4.54. The van der Waals surface area contributed by atoms with Crippen molar-refractivity contribution in [2.24, 2.45) is 0 Å². The highest BCUT2D eigenvalue weighted by Gasteiger charge is 2.19. The lowest BCUT2D eigenvalue weighted by Gasteiger charge is -2.18. The van der Waals surface area contributed by atoms with Gasteiger partial charge < -0.3 is 16.2 Å². The first-order chi connectivity index (χ1) is 17.8. The molecule has 0 amide bonds. The van der Waals surface area contributed by atoms with Crippen LogP contribution in [-0.2, 0) is 6.54 Å². The summed E-state index contributed by atoms with van der Waals surface area (Å²) >= 11 is 0. The van der Waals surface area contributed by atoms with Gasteiger partial charge in [-0.2, -0.15) is 0 Å². The van der Waals surface area contributed by atoms with E-state index in [0.717, 1.165) is 28.8 Å². The number of aromatic nitrogens is 3. The largest absolute Gasteiger partial charge is 0.505 e. The van der Waals surface area contributed by atoms with E-state index in [1.807, 2.05) is 55.5 Å². The summed E-state index contributed by atoms with van der Waals surface area (Å²) in [5, 5.41) is 23.0. The molecule has 0 aliphatic heterocycles. The summed E-state index contributed by atoms with van der Waals surface area (Å²) in [5.41, 5.74) is 8.67. The van der Waals surface area contributed by atoms with Crippen molar-refractivity contribution in [1.82, 2.24) is 14.5 Å². The van der Waals surface area contributed by atoms with Crippen molar-refractivity contribution in [3.05, 3.63) is 118 Å². The summed E-state index contributed by atoms with van der Waals surface area (Å²) in [4.78, 5) is 21.9. The minimum Gasteiger partial charge on any atom is -0.505 e. The Balaban J connectivity index is 1.59. The second kappa shape index (κ2) is 9.54. The number of phenolic OH excluding ortho intramolecular Hbond substituents is 1. The first kappa shape index (κ1) is 23.7. The summed E-state index contributed by atoms with van der Waals surface area (Å²) in [5.74, 6) is -1.07. The Hall–Kier alpha value is -5.05. The van der Waals surface area contributed by atoms with Crippen LogP contribution in [0.1, 0.15) is 22.4 Å². The molecule has 5 rings (SSSR count). The Bertz CT molecular complexity index is 1730. The Kier molecular flexibility index (Phi) is 6.10. The van der Waals surface area contributed by atoms with Crippen LogP contribution in [-0.4, -0.2) is 25.4 Å². The highest BCUT2D eigenvalue weighted by molar-refractivity contribution is 6.16. The number of pyridine rings is 1. The number of rotatable bonds is 6. The maximum absolute atomic E-state index is 13.6. The van der Waals surface area contributed by atoms with Crippen molar-refractivity contribution in [3.63, 3.8) is 0 Å². The van der Waals surface area contributed by atoms with Crippen LogP contribution in [0.4, 0.5) is 16.0 Å². The van der Waals surface area contributed by atoms with Crippen LogP contribution in [0.2, 0.25) is 0 Å². The average Bonchev–Trinajstić information content (AvgIpc) is 2.89. The van der Waals surface area contributed by atoms with Crippen molar-refractivity contribution in [2.75, 3.05) is 11.1 Å². The summed E-state index contributed by atoms with van der Waals surface area (Å²) in [6.07, 6.45) is 1.27. The molecule has 5 N–H and O–H groups in total. The van der Waals surface area contributed by atoms with Crippen LogP contribution in [0.5, 0.6) is 5.75 Å². The number of nitrogens with zero attached hydrogens (tertiary/aromatic N) is 3. The Labute approximate surface area is 211 Å². The number of halogens is 1. The number of hydrogen-bond donors (Lipinski definition) is 4. The van der Waals surface area contributed by atoms with Gasteiger partial charge in [-0.3, -0.25) is 14.8 Å². The number of para-hydroxylation sites is 1. The van der Waals surface area contributed by atoms with E-state index in [1.54, 1.807) is 10.6 Å². The Morgan fingerprint density at radius 2 is 1.84 bits per heavy atom. The summed E-state index contributed by atoms with van der Waals surface area (Å²) < 4.78 is 15.2. The number of nitrogens with one attached hydrogen (secondary N) is 2. The fourth-order valence-electron chi connectivity index (χ4n) is 4.29. The number of benzene rings is 3. The molecular weight excluding hydrogens is 471 g/mol. The molecule has 2 heterocycles. The minimum absolute atomic E-state index is 0.0427. The molecule has 0 unspecified atom stereocenters. The Morgan fingerprint density at radius 1 is 1.08 bits per heavy atom. The molecular formula is C28H23FN6O2. The van der Waals surface area contributed by atoms with Crippen LogP contribution in [0.3, 0.4) is 0 Å². The van der Waals surface area contributed by atoms with Crippen LogP contribution >= 0.6 is 0 Å². The molecule has 0 saturated carbocycles. The molecule has 9 heteroatoms. The van der Waals surface area contributed by atoms with Gasteiger partial charge in [0.05, 0.1) is 23.5 Å². The maximum Gasteiger partial charge on any atom is 0.263 e. The van der Waals surface area contributed by atoms with Gasteiger partial charge in [0.2, 0.25) is 0 Å². The molecule has 3 aromatic carbocycles. The second-order valence-corrected chi connectivity index (χ2v) is 8.53. The van der Waals surface area contributed by atoms with Crippen molar-refractivity contribution in [2.45, 2.75) is 13.5 Å². The van der Waals surface area contributed by atoms with Crippen LogP contribution in [0.15, 0.2) is 83.9 Å². The van der Waals surface area contributed by atoms with Crippen molar-refractivity contribution >= 4 is 28.1 Å². The standard InChI is InChI=1S/C28H23FN6O2/c1-16-6-2-5-9-22(16)35-19(12-17-7-3-4-8-20(17)28(35)37)14-32-27-24(26(31)33-15-34-27)25(30)18-10-11-21(29)23(36)13-18/h2-13,15,30,36H,14H2,1H3,(H3,31,32,33,34). The van der Waals surface area contributed by atoms with E-state index in [0.29, 0.717) is 11.1 Å². The molecule has 0 spiro atoms. The second-order valence-electron chi connectivity index (χ2n) is 8.53. The van der Waals surface area contributed by atoms with E-state index in [2.05, 4.69) is 15.3 Å². The third-order valence-corrected chi connectivity index (χ3v) is 6.16. The first-order valence-electron chi connectivity index (χ1n) is 11.5. The first-order valence-corrected chi connectivity index (χ1v) is 11.5. The van der Waals surface area contributed by atoms with E-state index in [4.69, 9.17) is 11.1 Å². The van der Waals surface area contributed by atoms with Gasteiger partial charge in [-0.15, -0.1) is 0 Å². The molecule has 0 fully saturated rings. The average molecular weight is 495 g/mol. The zero-order valence-corrected chi connectivity index (χ0v) is 19.9. The molecule has 184 valence electrons. The number of nitrogen functional groups attached to an aromatic ring is 1. The number of hydrogen-bond acceptors (Lipinski definition) is 7. The lowest BCUT2D eigenvalue weighted by Crippen LogP contribution is -2.24. The van der Waals surface area contributed by atoms with Gasteiger partial charge in [0, 0.05) is 16.6 Å². The number of anilines is 2. The van der Waals surface area contributed by atoms with Gasteiger partial charge >= 0.3 is 0 Å². The number of aryl methyl sites for hydroxylation is 1. The Morgan fingerprint density at radius 3 is 2.62 bits per heavy atom. The lowest BCUT2D eigenvalue weighted by molar-refractivity contribution is 0.432. The van der Waals surface area contributed by atoms with Crippen molar-refractivity contribution < 1.29 is 9.50 Å². The number of fused-ring (bicyclic) bond motifs is 1. The molecule has 0 bridgehead atoms. The minimum atomic E-state index is -0.794. The van der Waals surface area contributed by atoms with Crippen molar-refractivity contribution in [1.29, 1.82) is 5.41 Å². The normalized spacial score (nSPS) is 11.0. The molecule has 0 aliphatic rings. The molecule has 5 aromatic rings.